The number of rotatable bonds is 6. The van der Waals surface area contributed by atoms with Crippen molar-refractivity contribution >= 4 is 17.5 Å². The minimum absolute atomic E-state index is 0.0389. The molecule has 0 atom stereocenters. The van der Waals surface area contributed by atoms with Crippen LogP contribution >= 0.6 is 0 Å². The highest BCUT2D eigenvalue weighted by molar-refractivity contribution is 5.93. The van der Waals surface area contributed by atoms with E-state index in [1.807, 2.05) is 36.1 Å². The van der Waals surface area contributed by atoms with E-state index in [1.165, 1.54) is 6.42 Å². The number of nitrogens with zero attached hydrogens (tertiary/aromatic N) is 2. The van der Waals surface area contributed by atoms with Gasteiger partial charge in [-0.05, 0) is 64.3 Å². The number of carbonyl (C=O) groups excluding carboxylic acids is 2. The number of benzene rings is 1. The molecule has 2 saturated heterocycles. The average Bonchev–Trinajstić information content (AvgIpc) is 2.70. The first-order valence-corrected chi connectivity index (χ1v) is 10.2. The predicted molar refractivity (Wildman–Crippen MR) is 106 cm³/mol. The first kappa shape index (κ1) is 19.7. The number of nitrogens with one attached hydrogen (secondary N) is 1. The van der Waals surface area contributed by atoms with Gasteiger partial charge in [-0.1, -0.05) is 12.1 Å². The SMILES string of the molecule is CCOc1ccccc1NC(=O)CN1CCC(C(=O)N2CCCCC2)CC1. The lowest BCUT2D eigenvalue weighted by atomic mass is 9.94. The van der Waals surface area contributed by atoms with Crippen molar-refractivity contribution < 1.29 is 14.3 Å². The van der Waals surface area contributed by atoms with E-state index in [0.29, 0.717) is 30.5 Å². The molecule has 2 aliphatic rings. The van der Waals surface area contributed by atoms with Gasteiger partial charge in [-0.25, -0.2) is 0 Å². The van der Waals surface area contributed by atoms with Crippen molar-refractivity contribution in [3.05, 3.63) is 24.3 Å². The standard InChI is InChI=1S/C21H31N3O3/c1-2-27-19-9-5-4-8-18(19)22-20(25)16-23-14-10-17(11-15-23)21(26)24-12-6-3-7-13-24/h4-5,8-9,17H,2-3,6-7,10-16H2,1H3,(H,22,25). The highest BCUT2D eigenvalue weighted by Gasteiger charge is 2.29. The first-order chi connectivity index (χ1) is 13.2. The molecule has 3 rings (SSSR count). The molecule has 0 bridgehead atoms. The van der Waals surface area contributed by atoms with Crippen LogP contribution in [-0.2, 0) is 9.59 Å². The maximum atomic E-state index is 12.6. The van der Waals surface area contributed by atoms with Crippen LogP contribution in [0.2, 0.25) is 0 Å². The monoisotopic (exact) mass is 373 g/mol. The summed E-state index contributed by atoms with van der Waals surface area (Å²) in [6.45, 7) is 6.27. The summed E-state index contributed by atoms with van der Waals surface area (Å²) in [5.74, 6) is 1.10. The summed E-state index contributed by atoms with van der Waals surface area (Å²) >= 11 is 0. The summed E-state index contributed by atoms with van der Waals surface area (Å²) in [7, 11) is 0. The van der Waals surface area contributed by atoms with Crippen molar-refractivity contribution in [3.8, 4) is 5.75 Å². The van der Waals surface area contributed by atoms with E-state index >= 15 is 0 Å². The van der Waals surface area contributed by atoms with Gasteiger partial charge in [-0.3, -0.25) is 14.5 Å². The van der Waals surface area contributed by atoms with Crippen molar-refractivity contribution in [3.63, 3.8) is 0 Å². The number of carbonyl (C=O) groups is 2. The molecule has 2 heterocycles. The first-order valence-electron chi connectivity index (χ1n) is 10.2. The Morgan fingerprint density at radius 3 is 2.48 bits per heavy atom. The highest BCUT2D eigenvalue weighted by Crippen LogP contribution is 2.24. The van der Waals surface area contributed by atoms with Gasteiger partial charge in [0.25, 0.3) is 0 Å². The van der Waals surface area contributed by atoms with Gasteiger partial charge >= 0.3 is 0 Å². The third-order valence-corrected chi connectivity index (χ3v) is 5.43. The summed E-state index contributed by atoms with van der Waals surface area (Å²) in [6.07, 6.45) is 5.20. The molecule has 27 heavy (non-hydrogen) atoms. The van der Waals surface area contributed by atoms with E-state index in [2.05, 4.69) is 10.2 Å². The van der Waals surface area contributed by atoms with Crippen LogP contribution in [0, 0.1) is 5.92 Å². The molecule has 0 saturated carbocycles. The third-order valence-electron chi connectivity index (χ3n) is 5.43. The molecular weight excluding hydrogens is 342 g/mol. The Bertz CT molecular complexity index is 635. The van der Waals surface area contributed by atoms with Crippen LogP contribution in [0.25, 0.3) is 0 Å². The smallest absolute Gasteiger partial charge is 0.238 e. The quantitative estimate of drug-likeness (QED) is 0.833. The van der Waals surface area contributed by atoms with E-state index in [1.54, 1.807) is 0 Å². The lowest BCUT2D eigenvalue weighted by Gasteiger charge is -2.35. The zero-order valence-electron chi connectivity index (χ0n) is 16.3. The van der Waals surface area contributed by atoms with Crippen LogP contribution in [-0.4, -0.2) is 60.9 Å². The maximum Gasteiger partial charge on any atom is 0.238 e. The second kappa shape index (κ2) is 9.74. The second-order valence-electron chi connectivity index (χ2n) is 7.41. The summed E-state index contributed by atoms with van der Waals surface area (Å²) in [5.41, 5.74) is 0.708. The molecular formula is C21H31N3O3. The molecule has 2 fully saturated rings. The van der Waals surface area contributed by atoms with Crippen LogP contribution in [0.5, 0.6) is 5.75 Å². The van der Waals surface area contributed by atoms with Gasteiger partial charge < -0.3 is 15.0 Å². The lowest BCUT2D eigenvalue weighted by Crippen LogP contribution is -2.45. The van der Waals surface area contributed by atoms with Gasteiger partial charge in [-0.2, -0.15) is 0 Å². The number of hydrogen-bond acceptors (Lipinski definition) is 4. The van der Waals surface area contributed by atoms with E-state index < -0.39 is 0 Å². The normalized spacial score (nSPS) is 18.9. The Morgan fingerprint density at radius 2 is 1.78 bits per heavy atom. The fraction of sp³-hybridized carbons (Fsp3) is 0.619. The molecule has 1 aromatic carbocycles. The maximum absolute atomic E-state index is 12.6. The van der Waals surface area contributed by atoms with Crippen LogP contribution in [0.15, 0.2) is 24.3 Å². The molecule has 0 unspecified atom stereocenters. The van der Waals surface area contributed by atoms with Crippen molar-refractivity contribution in [2.24, 2.45) is 5.92 Å². The van der Waals surface area contributed by atoms with Gasteiger partial charge in [0.15, 0.2) is 0 Å². The summed E-state index contributed by atoms with van der Waals surface area (Å²) in [5, 5.41) is 2.95. The van der Waals surface area contributed by atoms with Gasteiger partial charge in [0.05, 0.1) is 18.8 Å². The molecule has 148 valence electrons. The van der Waals surface area contributed by atoms with Crippen LogP contribution < -0.4 is 10.1 Å². The predicted octanol–water partition coefficient (Wildman–Crippen LogP) is 2.75. The fourth-order valence-electron chi connectivity index (χ4n) is 3.95. The van der Waals surface area contributed by atoms with Gasteiger partial charge in [0, 0.05) is 19.0 Å². The molecule has 1 N–H and O–H groups in total. The Hall–Kier alpha value is -2.08. The second-order valence-corrected chi connectivity index (χ2v) is 7.41. The van der Waals surface area contributed by atoms with Crippen LogP contribution in [0.3, 0.4) is 0 Å². The highest BCUT2D eigenvalue weighted by atomic mass is 16.5. The number of ether oxygens (including phenoxy) is 1. The number of amides is 2. The molecule has 0 aliphatic carbocycles. The third kappa shape index (κ3) is 5.45. The van der Waals surface area contributed by atoms with Crippen molar-refractivity contribution in [2.45, 2.75) is 39.0 Å². The molecule has 0 spiro atoms. The van der Waals surface area contributed by atoms with E-state index in [0.717, 1.165) is 51.9 Å². The number of anilines is 1. The summed E-state index contributed by atoms with van der Waals surface area (Å²) < 4.78 is 5.56. The molecule has 6 nitrogen and oxygen atoms in total. The zero-order chi connectivity index (χ0) is 19.1. The Balaban J connectivity index is 1.45. The van der Waals surface area contributed by atoms with Crippen molar-refractivity contribution in [1.29, 1.82) is 0 Å². The average molecular weight is 373 g/mol. The van der Waals surface area contributed by atoms with Crippen molar-refractivity contribution in [2.75, 3.05) is 44.6 Å². The molecule has 1 aromatic rings. The number of likely N-dealkylation sites (tertiary alicyclic amines) is 2. The minimum Gasteiger partial charge on any atom is -0.492 e. The molecule has 0 aromatic heterocycles. The summed E-state index contributed by atoms with van der Waals surface area (Å²) in [6, 6.07) is 7.49. The van der Waals surface area contributed by atoms with Gasteiger partial charge in [-0.15, -0.1) is 0 Å². The number of hydrogen-bond donors (Lipinski definition) is 1. The Labute approximate surface area is 161 Å². The van der Waals surface area contributed by atoms with Crippen LogP contribution in [0.1, 0.15) is 39.0 Å². The van der Waals surface area contributed by atoms with Crippen LogP contribution in [0.4, 0.5) is 5.69 Å². The Morgan fingerprint density at radius 1 is 1.07 bits per heavy atom. The largest absolute Gasteiger partial charge is 0.492 e. The Kier molecular flexibility index (Phi) is 7.10. The summed E-state index contributed by atoms with van der Waals surface area (Å²) in [4.78, 5) is 29.2. The van der Waals surface area contributed by atoms with Gasteiger partial charge in [0.1, 0.15) is 5.75 Å². The molecule has 6 heteroatoms. The molecule has 2 aliphatic heterocycles. The van der Waals surface area contributed by atoms with E-state index in [9.17, 15) is 9.59 Å². The van der Waals surface area contributed by atoms with Gasteiger partial charge in [0.2, 0.25) is 11.8 Å². The van der Waals surface area contributed by atoms with Crippen molar-refractivity contribution in [1.82, 2.24) is 9.80 Å². The fourth-order valence-corrected chi connectivity index (χ4v) is 3.95. The molecule has 0 radical (unpaired) electrons. The topological polar surface area (TPSA) is 61.9 Å². The number of piperidine rings is 2. The lowest BCUT2D eigenvalue weighted by molar-refractivity contribution is -0.138. The minimum atomic E-state index is -0.0389. The molecule has 2 amide bonds. The zero-order valence-corrected chi connectivity index (χ0v) is 16.3. The van der Waals surface area contributed by atoms with E-state index in [-0.39, 0.29) is 11.8 Å². The number of para-hydroxylation sites is 2. The van der Waals surface area contributed by atoms with E-state index in [4.69, 9.17) is 4.74 Å².